The van der Waals surface area contributed by atoms with E-state index in [2.05, 4.69) is 11.1 Å². The van der Waals surface area contributed by atoms with Crippen LogP contribution in [0.4, 0.5) is 13.2 Å². The summed E-state index contributed by atoms with van der Waals surface area (Å²) < 4.78 is 37.9. The fourth-order valence-electron chi connectivity index (χ4n) is 2.10. The average molecular weight is 364 g/mol. The number of rotatable bonds is 4. The summed E-state index contributed by atoms with van der Waals surface area (Å²) in [5.74, 6) is 0.780. The molecule has 6 heteroatoms. The lowest BCUT2D eigenvalue weighted by Gasteiger charge is -2.06. The van der Waals surface area contributed by atoms with Gasteiger partial charge in [0.25, 0.3) is 0 Å². The van der Waals surface area contributed by atoms with E-state index in [1.807, 2.05) is 31.2 Å². The van der Waals surface area contributed by atoms with E-state index in [1.54, 1.807) is 11.8 Å². The van der Waals surface area contributed by atoms with Crippen LogP contribution in [0.5, 0.6) is 0 Å². The topological polar surface area (TPSA) is 12.9 Å². The Hall–Kier alpha value is -1.79. The molecule has 1 heterocycles. The van der Waals surface area contributed by atoms with Gasteiger partial charge in [-0.1, -0.05) is 24.3 Å². The minimum atomic E-state index is -4.31. The highest BCUT2D eigenvalue weighted by Gasteiger charge is 2.30. The Labute approximate surface area is 146 Å². The van der Waals surface area contributed by atoms with E-state index in [4.69, 9.17) is 0 Å². The van der Waals surface area contributed by atoms with Crippen molar-refractivity contribution < 1.29 is 13.2 Å². The summed E-state index contributed by atoms with van der Waals surface area (Å²) >= 11 is 3.21. The Balaban J connectivity index is 1.76. The minimum Gasteiger partial charge on any atom is -0.241 e. The molecule has 24 heavy (non-hydrogen) atoms. The van der Waals surface area contributed by atoms with Crippen LogP contribution in [0.1, 0.15) is 16.1 Å². The van der Waals surface area contributed by atoms with Crippen LogP contribution in [0, 0.1) is 13.0 Å². The van der Waals surface area contributed by atoms with Crippen LogP contribution in [-0.4, -0.2) is 4.98 Å². The van der Waals surface area contributed by atoms with E-state index in [1.165, 1.54) is 23.5 Å². The number of halogens is 3. The third-order valence-corrected chi connectivity index (χ3v) is 5.81. The Morgan fingerprint density at radius 3 is 2.54 bits per heavy atom. The molecule has 0 aliphatic heterocycles. The Morgan fingerprint density at radius 2 is 1.92 bits per heavy atom. The summed E-state index contributed by atoms with van der Waals surface area (Å²) in [5.41, 5.74) is 0.985. The second kappa shape index (κ2) is 6.99. The van der Waals surface area contributed by atoms with Crippen LogP contribution in [0.15, 0.2) is 53.4 Å². The summed E-state index contributed by atoms with van der Waals surface area (Å²) in [4.78, 5) is 6.75. The maximum absolute atomic E-state index is 12.6. The molecule has 0 atom stereocenters. The van der Waals surface area contributed by atoms with Crippen molar-refractivity contribution in [1.29, 1.82) is 0 Å². The number of aryl methyl sites for hydroxylation is 1. The van der Waals surface area contributed by atoms with Crippen molar-refractivity contribution in [2.75, 3.05) is 0 Å². The van der Waals surface area contributed by atoms with Gasteiger partial charge in [-0.3, -0.25) is 0 Å². The first-order chi connectivity index (χ1) is 11.4. The average Bonchev–Trinajstić information content (AvgIpc) is 2.94. The van der Waals surface area contributed by atoms with Crippen LogP contribution < -0.4 is 0 Å². The van der Waals surface area contributed by atoms with Crippen LogP contribution in [0.2, 0.25) is 0 Å². The number of nitrogens with zero attached hydrogens (tertiary/aromatic N) is 1. The lowest BCUT2D eigenvalue weighted by atomic mass is 10.1. The van der Waals surface area contributed by atoms with E-state index < -0.39 is 11.7 Å². The highest BCUT2D eigenvalue weighted by Crippen LogP contribution is 2.34. The second-order valence-corrected chi connectivity index (χ2v) is 7.26. The largest absolute Gasteiger partial charge is 0.416 e. The summed E-state index contributed by atoms with van der Waals surface area (Å²) in [7, 11) is 0. The zero-order valence-corrected chi connectivity index (χ0v) is 14.4. The van der Waals surface area contributed by atoms with Crippen molar-refractivity contribution in [1.82, 2.24) is 4.98 Å². The molecular weight excluding hydrogens is 351 g/mol. The Kier molecular flexibility index (Phi) is 4.96. The van der Waals surface area contributed by atoms with Crippen LogP contribution >= 0.6 is 23.1 Å². The number of hydrogen-bond donors (Lipinski definition) is 0. The molecule has 1 radical (unpaired) electrons. The standard InChI is InChI=1S/C18H13F3NS2/c1-12-16(11-23-15-5-3-2-4-6-15)24-17(22-12)13-7-9-14(10-8-13)18(19,20)21/h2-3,5-10H,11H2,1H3. The highest BCUT2D eigenvalue weighted by molar-refractivity contribution is 7.98. The number of thiazole rings is 1. The molecule has 0 fully saturated rings. The number of benzene rings is 2. The Bertz CT molecular complexity index is 809. The third kappa shape index (κ3) is 3.99. The molecule has 0 unspecified atom stereocenters. The normalized spacial score (nSPS) is 11.7. The smallest absolute Gasteiger partial charge is 0.241 e. The van der Waals surface area contributed by atoms with Gasteiger partial charge in [0.2, 0.25) is 0 Å². The third-order valence-electron chi connectivity index (χ3n) is 3.40. The van der Waals surface area contributed by atoms with Gasteiger partial charge in [0.15, 0.2) is 0 Å². The van der Waals surface area contributed by atoms with Crippen molar-refractivity contribution in [2.45, 2.75) is 23.7 Å². The summed E-state index contributed by atoms with van der Waals surface area (Å²) in [6, 6.07) is 15.9. The molecule has 0 aliphatic rings. The van der Waals surface area contributed by atoms with Gasteiger partial charge in [-0.25, -0.2) is 4.98 Å². The summed E-state index contributed by atoms with van der Waals surface area (Å²) in [6.45, 7) is 1.93. The molecule has 0 amide bonds. The maximum Gasteiger partial charge on any atom is 0.416 e. The first kappa shape index (κ1) is 17.0. The van der Waals surface area contributed by atoms with Gasteiger partial charge in [0.05, 0.1) is 11.3 Å². The van der Waals surface area contributed by atoms with Gasteiger partial charge in [0, 0.05) is 21.1 Å². The van der Waals surface area contributed by atoms with E-state index in [0.29, 0.717) is 5.56 Å². The van der Waals surface area contributed by atoms with Crippen molar-refractivity contribution in [2.24, 2.45) is 0 Å². The first-order valence-corrected chi connectivity index (χ1v) is 8.96. The van der Waals surface area contributed by atoms with Crippen molar-refractivity contribution >= 4 is 23.1 Å². The molecule has 1 nitrogen and oxygen atoms in total. The molecule has 0 N–H and O–H groups in total. The van der Waals surface area contributed by atoms with E-state index in [-0.39, 0.29) is 0 Å². The first-order valence-electron chi connectivity index (χ1n) is 7.16. The van der Waals surface area contributed by atoms with E-state index in [9.17, 15) is 13.2 Å². The monoisotopic (exact) mass is 364 g/mol. The van der Waals surface area contributed by atoms with Gasteiger partial charge in [-0.2, -0.15) is 13.2 Å². The van der Waals surface area contributed by atoms with Gasteiger partial charge in [0.1, 0.15) is 5.01 Å². The molecule has 3 aromatic rings. The van der Waals surface area contributed by atoms with Crippen LogP contribution in [-0.2, 0) is 11.9 Å². The lowest BCUT2D eigenvalue weighted by Crippen LogP contribution is -2.03. The number of alkyl halides is 3. The molecule has 0 saturated carbocycles. The molecule has 123 valence electrons. The number of aromatic nitrogens is 1. The molecule has 1 aromatic heterocycles. The molecule has 0 spiro atoms. The summed E-state index contributed by atoms with van der Waals surface area (Å²) in [6.07, 6.45) is -4.31. The van der Waals surface area contributed by atoms with E-state index in [0.717, 1.165) is 38.4 Å². The van der Waals surface area contributed by atoms with Gasteiger partial charge < -0.3 is 0 Å². The van der Waals surface area contributed by atoms with Crippen molar-refractivity contribution in [3.63, 3.8) is 0 Å². The van der Waals surface area contributed by atoms with Crippen molar-refractivity contribution in [3.05, 3.63) is 70.7 Å². The quantitative estimate of drug-likeness (QED) is 0.509. The molecule has 0 saturated heterocycles. The molecule has 0 aliphatic carbocycles. The van der Waals surface area contributed by atoms with Gasteiger partial charge in [-0.15, -0.1) is 23.1 Å². The zero-order valence-electron chi connectivity index (χ0n) is 12.7. The van der Waals surface area contributed by atoms with Gasteiger partial charge >= 0.3 is 6.18 Å². The van der Waals surface area contributed by atoms with E-state index >= 15 is 0 Å². The predicted molar refractivity (Wildman–Crippen MR) is 92.1 cm³/mol. The minimum absolute atomic E-state index is 0.643. The number of hydrogen-bond acceptors (Lipinski definition) is 3. The Morgan fingerprint density at radius 1 is 1.17 bits per heavy atom. The lowest BCUT2D eigenvalue weighted by molar-refractivity contribution is -0.137. The van der Waals surface area contributed by atoms with Crippen LogP contribution in [0.25, 0.3) is 10.6 Å². The van der Waals surface area contributed by atoms with Gasteiger partial charge in [-0.05, 0) is 37.3 Å². The zero-order chi connectivity index (χ0) is 17.2. The number of thioether (sulfide) groups is 1. The summed E-state index contributed by atoms with van der Waals surface area (Å²) in [5, 5.41) is 0.747. The van der Waals surface area contributed by atoms with Crippen LogP contribution in [0.3, 0.4) is 0 Å². The fourth-order valence-corrected chi connectivity index (χ4v) is 4.21. The SMILES string of the molecule is Cc1nc(-c2ccc(C(F)(F)F)cc2)sc1CSc1c[c]ccc1. The second-order valence-electron chi connectivity index (χ2n) is 5.13. The fraction of sp³-hybridized carbons (Fsp3) is 0.167. The molecule has 3 rings (SSSR count). The molecule has 0 bridgehead atoms. The molecular formula is C18H13F3NS2. The molecule has 2 aromatic carbocycles. The highest BCUT2D eigenvalue weighted by atomic mass is 32.2. The predicted octanol–water partition coefficient (Wildman–Crippen LogP) is 6.23. The van der Waals surface area contributed by atoms with Crippen molar-refractivity contribution in [3.8, 4) is 10.6 Å². The maximum atomic E-state index is 12.6.